The first kappa shape index (κ1) is 12.5. The topological polar surface area (TPSA) is 43.5 Å². The predicted molar refractivity (Wildman–Crippen MR) is 73.0 cm³/mol. The minimum Gasteiger partial charge on any atom is -0.495 e. The van der Waals surface area contributed by atoms with E-state index in [-0.39, 0.29) is 0 Å². The lowest BCUT2D eigenvalue weighted by Crippen LogP contribution is -2.18. The Bertz CT molecular complexity index is 469. The molecule has 4 aliphatic rings. The van der Waals surface area contributed by atoms with Crippen molar-refractivity contribution in [1.29, 1.82) is 0 Å². The van der Waals surface area contributed by atoms with Crippen molar-refractivity contribution in [3.8, 4) is 0 Å². The molecule has 0 amide bonds. The highest BCUT2D eigenvalue weighted by atomic mass is 16.6. The van der Waals surface area contributed by atoms with Gasteiger partial charge in [0.05, 0.1) is 19.0 Å². The number of rotatable bonds is 6. The van der Waals surface area contributed by atoms with E-state index in [1.807, 2.05) is 0 Å². The molecule has 4 nitrogen and oxygen atoms in total. The van der Waals surface area contributed by atoms with Gasteiger partial charge in [-0.1, -0.05) is 6.08 Å². The zero-order valence-electron chi connectivity index (χ0n) is 11.5. The second kappa shape index (κ2) is 5.26. The molecule has 2 fully saturated rings. The van der Waals surface area contributed by atoms with E-state index in [2.05, 4.69) is 18.2 Å². The highest BCUT2D eigenvalue weighted by Gasteiger charge is 2.30. The van der Waals surface area contributed by atoms with E-state index < -0.39 is 0 Å². The Kier molecular flexibility index (Phi) is 3.28. The van der Waals surface area contributed by atoms with E-state index in [1.54, 1.807) is 0 Å². The molecule has 2 aliphatic carbocycles. The van der Waals surface area contributed by atoms with E-state index >= 15 is 0 Å². The summed E-state index contributed by atoms with van der Waals surface area (Å²) in [4.78, 5) is 0. The molecule has 0 aromatic carbocycles. The fourth-order valence-electron chi connectivity index (χ4n) is 2.77. The molecule has 0 N–H and O–H groups in total. The number of allylic oxidation sites excluding steroid dienone is 5. The molecular weight excluding hydrogens is 256 g/mol. The van der Waals surface area contributed by atoms with E-state index in [9.17, 15) is 0 Å². The summed E-state index contributed by atoms with van der Waals surface area (Å²) in [5.74, 6) is 2.67. The van der Waals surface area contributed by atoms with Crippen LogP contribution in [0.4, 0.5) is 0 Å². The van der Waals surface area contributed by atoms with Crippen molar-refractivity contribution in [3.05, 3.63) is 35.3 Å². The average molecular weight is 276 g/mol. The first-order valence-electron chi connectivity index (χ1n) is 7.48. The lowest BCUT2D eigenvalue weighted by Gasteiger charge is -2.29. The Hall–Kier alpha value is -1.26. The van der Waals surface area contributed by atoms with Crippen LogP contribution in [-0.4, -0.2) is 38.6 Å². The predicted octanol–water partition coefficient (Wildman–Crippen LogP) is 2.33. The summed E-state index contributed by atoms with van der Waals surface area (Å²) in [6, 6.07) is 0. The molecule has 4 heteroatoms. The summed E-state index contributed by atoms with van der Waals surface area (Å²) in [5, 5.41) is 0. The highest BCUT2D eigenvalue weighted by molar-refractivity contribution is 5.38. The summed E-state index contributed by atoms with van der Waals surface area (Å²) in [5.41, 5.74) is 1.33. The van der Waals surface area contributed by atoms with Crippen LogP contribution >= 0.6 is 0 Å². The molecule has 3 unspecified atom stereocenters. The molecule has 0 saturated carbocycles. The third-order valence-corrected chi connectivity index (χ3v) is 4.15. The molecule has 2 aliphatic heterocycles. The minimum atomic E-state index is 0.313. The van der Waals surface area contributed by atoms with Crippen molar-refractivity contribution in [1.82, 2.24) is 0 Å². The van der Waals surface area contributed by atoms with Crippen LogP contribution in [0.25, 0.3) is 0 Å². The van der Waals surface area contributed by atoms with E-state index in [1.165, 1.54) is 12.0 Å². The van der Waals surface area contributed by atoms with Crippen LogP contribution in [0.2, 0.25) is 0 Å². The van der Waals surface area contributed by atoms with Crippen molar-refractivity contribution in [3.63, 3.8) is 0 Å². The van der Waals surface area contributed by atoms with Gasteiger partial charge in [-0.05, 0) is 36.5 Å². The van der Waals surface area contributed by atoms with Crippen LogP contribution in [-0.2, 0) is 18.9 Å². The standard InChI is InChI=1S/C16H20O4/c1-2-11-6-12(17-7-13-8-18-13)4-5-15(11)16(3-1)20-10-14-9-19-14/h3-5,11,13-14H,1-2,6-10H2. The highest BCUT2D eigenvalue weighted by Crippen LogP contribution is 2.38. The van der Waals surface area contributed by atoms with Gasteiger partial charge in [-0.2, -0.15) is 0 Å². The zero-order chi connectivity index (χ0) is 13.4. The van der Waals surface area contributed by atoms with Crippen LogP contribution in [0.3, 0.4) is 0 Å². The van der Waals surface area contributed by atoms with Gasteiger partial charge in [0.2, 0.25) is 0 Å². The smallest absolute Gasteiger partial charge is 0.118 e. The maximum absolute atomic E-state index is 5.90. The van der Waals surface area contributed by atoms with Gasteiger partial charge in [-0.3, -0.25) is 0 Å². The molecule has 2 saturated heterocycles. The minimum absolute atomic E-state index is 0.313. The third kappa shape index (κ3) is 2.91. The van der Waals surface area contributed by atoms with E-state index in [4.69, 9.17) is 18.9 Å². The zero-order valence-corrected chi connectivity index (χ0v) is 11.5. The number of epoxide rings is 2. The van der Waals surface area contributed by atoms with Crippen molar-refractivity contribution < 1.29 is 18.9 Å². The first-order chi connectivity index (χ1) is 9.88. The molecule has 0 aromatic rings. The van der Waals surface area contributed by atoms with Crippen molar-refractivity contribution >= 4 is 0 Å². The fraction of sp³-hybridized carbons (Fsp3) is 0.625. The second-order valence-corrected chi connectivity index (χ2v) is 5.83. The van der Waals surface area contributed by atoms with Gasteiger partial charge in [0.25, 0.3) is 0 Å². The second-order valence-electron chi connectivity index (χ2n) is 5.83. The normalized spacial score (nSPS) is 34.4. The lowest BCUT2D eigenvalue weighted by molar-refractivity contribution is 0.158. The van der Waals surface area contributed by atoms with Crippen LogP contribution in [0.5, 0.6) is 0 Å². The number of fused-ring (bicyclic) bond motifs is 1. The Morgan fingerprint density at radius 2 is 1.80 bits per heavy atom. The molecule has 0 bridgehead atoms. The molecule has 108 valence electrons. The van der Waals surface area contributed by atoms with Gasteiger partial charge < -0.3 is 18.9 Å². The molecule has 4 rings (SSSR count). The van der Waals surface area contributed by atoms with Gasteiger partial charge in [0.1, 0.15) is 31.2 Å². The van der Waals surface area contributed by atoms with Crippen LogP contribution in [0, 0.1) is 5.92 Å². The maximum Gasteiger partial charge on any atom is 0.118 e. The van der Waals surface area contributed by atoms with E-state index in [0.29, 0.717) is 31.3 Å². The molecule has 0 aromatic heterocycles. The van der Waals surface area contributed by atoms with Crippen molar-refractivity contribution in [2.45, 2.75) is 31.5 Å². The van der Waals surface area contributed by atoms with Crippen LogP contribution < -0.4 is 0 Å². The summed E-state index contributed by atoms with van der Waals surface area (Å²) in [7, 11) is 0. The lowest BCUT2D eigenvalue weighted by atomic mass is 9.82. The molecule has 20 heavy (non-hydrogen) atoms. The van der Waals surface area contributed by atoms with Crippen LogP contribution in [0.1, 0.15) is 19.3 Å². The first-order valence-corrected chi connectivity index (χ1v) is 7.48. The quantitative estimate of drug-likeness (QED) is 0.698. The number of hydrogen-bond donors (Lipinski definition) is 0. The van der Waals surface area contributed by atoms with Gasteiger partial charge in [-0.25, -0.2) is 0 Å². The van der Waals surface area contributed by atoms with Gasteiger partial charge >= 0.3 is 0 Å². The summed E-state index contributed by atoms with van der Waals surface area (Å²) in [6.45, 7) is 3.07. The van der Waals surface area contributed by atoms with E-state index in [0.717, 1.165) is 37.6 Å². The molecular formula is C16H20O4. The molecule has 0 spiro atoms. The Morgan fingerprint density at radius 3 is 2.55 bits per heavy atom. The summed E-state index contributed by atoms with van der Waals surface area (Å²) >= 11 is 0. The number of hydrogen-bond acceptors (Lipinski definition) is 4. The van der Waals surface area contributed by atoms with Gasteiger partial charge in [0, 0.05) is 6.42 Å². The third-order valence-electron chi connectivity index (χ3n) is 4.15. The number of ether oxygens (including phenoxy) is 4. The SMILES string of the molecule is C1=C(OCC2CO2)CC2CCC=C(OCC3CO3)C2=C1. The summed E-state index contributed by atoms with van der Waals surface area (Å²) in [6.07, 6.45) is 10.3. The molecule has 2 heterocycles. The van der Waals surface area contributed by atoms with Crippen molar-refractivity contribution in [2.24, 2.45) is 5.92 Å². The van der Waals surface area contributed by atoms with Gasteiger partial charge in [0.15, 0.2) is 0 Å². The Morgan fingerprint density at radius 1 is 1.05 bits per heavy atom. The Balaban J connectivity index is 1.40. The fourth-order valence-corrected chi connectivity index (χ4v) is 2.77. The Labute approximate surface area is 119 Å². The maximum atomic E-state index is 5.90. The molecule has 0 radical (unpaired) electrons. The monoisotopic (exact) mass is 276 g/mol. The largest absolute Gasteiger partial charge is 0.495 e. The van der Waals surface area contributed by atoms with Crippen molar-refractivity contribution in [2.75, 3.05) is 26.4 Å². The molecule has 3 atom stereocenters. The average Bonchev–Trinajstić information content (AvgIpc) is 3.37. The van der Waals surface area contributed by atoms with Crippen LogP contribution in [0.15, 0.2) is 35.3 Å². The van der Waals surface area contributed by atoms with Gasteiger partial charge in [-0.15, -0.1) is 0 Å². The summed E-state index contributed by atoms with van der Waals surface area (Å²) < 4.78 is 22.1.